The lowest BCUT2D eigenvalue weighted by Gasteiger charge is -2.12. The number of ether oxygens (including phenoxy) is 3. The number of carbonyl (C=O) groups is 1. The zero-order chi connectivity index (χ0) is 17.3. The molecule has 1 N–H and O–H groups in total. The number of amides is 1. The second-order valence-corrected chi connectivity index (χ2v) is 5.89. The number of para-hydroxylation sites is 1. The molecule has 2 aromatic rings. The Morgan fingerprint density at radius 1 is 1.28 bits per heavy atom. The van der Waals surface area contributed by atoms with Gasteiger partial charge < -0.3 is 19.5 Å². The number of hydrogen-bond donors (Lipinski definition) is 1. The lowest BCUT2D eigenvalue weighted by molar-refractivity contribution is -0.120. The Morgan fingerprint density at radius 2 is 2.16 bits per heavy atom. The largest absolute Gasteiger partial charge is 0.491 e. The van der Waals surface area contributed by atoms with Crippen LogP contribution in [-0.2, 0) is 20.8 Å². The minimum absolute atomic E-state index is 0.0180. The van der Waals surface area contributed by atoms with E-state index in [9.17, 15) is 4.79 Å². The summed E-state index contributed by atoms with van der Waals surface area (Å²) in [4.78, 5) is 12.0. The monoisotopic (exact) mass is 345 g/mol. The number of aromatic nitrogens is 2. The number of hydrogen-bond acceptors (Lipinski definition) is 5. The molecule has 2 heterocycles. The second kappa shape index (κ2) is 9.19. The van der Waals surface area contributed by atoms with E-state index in [0.29, 0.717) is 24.9 Å². The molecular formula is C18H23N3O4. The Labute approximate surface area is 146 Å². The molecule has 1 atom stereocenters. The van der Waals surface area contributed by atoms with Crippen LogP contribution >= 0.6 is 0 Å². The van der Waals surface area contributed by atoms with Crippen molar-refractivity contribution < 1.29 is 19.0 Å². The van der Waals surface area contributed by atoms with Gasteiger partial charge in [0.25, 0.3) is 5.91 Å². The molecule has 134 valence electrons. The Balaban J connectivity index is 1.34. The fraction of sp³-hybridized carbons (Fsp3) is 0.444. The Kier molecular flexibility index (Phi) is 6.42. The molecule has 7 heteroatoms. The molecule has 25 heavy (non-hydrogen) atoms. The van der Waals surface area contributed by atoms with Crippen molar-refractivity contribution in [1.82, 2.24) is 9.78 Å². The Bertz CT molecular complexity index is 653. The Morgan fingerprint density at radius 3 is 2.96 bits per heavy atom. The van der Waals surface area contributed by atoms with Crippen LogP contribution in [0.2, 0.25) is 0 Å². The molecule has 1 aliphatic heterocycles. The van der Waals surface area contributed by atoms with Crippen LogP contribution in [0.1, 0.15) is 6.42 Å². The summed E-state index contributed by atoms with van der Waals surface area (Å²) in [5.74, 6) is 1.71. The van der Waals surface area contributed by atoms with Crippen molar-refractivity contribution in [3.05, 3.63) is 42.6 Å². The van der Waals surface area contributed by atoms with E-state index in [1.165, 1.54) is 0 Å². The van der Waals surface area contributed by atoms with E-state index in [-0.39, 0.29) is 12.5 Å². The molecular weight excluding hydrogens is 322 g/mol. The van der Waals surface area contributed by atoms with Crippen LogP contribution in [-0.4, -0.2) is 48.7 Å². The summed E-state index contributed by atoms with van der Waals surface area (Å²) in [5.41, 5.74) is 0. The molecule has 1 fully saturated rings. The highest BCUT2D eigenvalue weighted by Gasteiger charge is 2.18. The minimum atomic E-state index is -0.205. The molecule has 3 rings (SSSR count). The van der Waals surface area contributed by atoms with Gasteiger partial charge in [0.2, 0.25) is 0 Å². The van der Waals surface area contributed by atoms with Crippen LogP contribution in [0, 0.1) is 5.92 Å². The third-order valence-electron chi connectivity index (χ3n) is 3.91. The number of rotatable bonds is 9. The van der Waals surface area contributed by atoms with Gasteiger partial charge in [0, 0.05) is 25.1 Å². The van der Waals surface area contributed by atoms with Crippen molar-refractivity contribution >= 4 is 11.7 Å². The third kappa shape index (κ3) is 5.58. The van der Waals surface area contributed by atoms with Crippen LogP contribution in [0.25, 0.3) is 0 Å². The predicted octanol–water partition coefficient (Wildman–Crippen LogP) is 1.95. The van der Waals surface area contributed by atoms with Gasteiger partial charge >= 0.3 is 0 Å². The fourth-order valence-electron chi connectivity index (χ4n) is 2.64. The van der Waals surface area contributed by atoms with Gasteiger partial charge in [-0.1, -0.05) is 18.2 Å². The van der Waals surface area contributed by atoms with Gasteiger partial charge in [0.1, 0.15) is 24.8 Å². The average molecular weight is 345 g/mol. The zero-order valence-corrected chi connectivity index (χ0v) is 14.1. The van der Waals surface area contributed by atoms with Crippen molar-refractivity contribution in [3.8, 4) is 5.75 Å². The summed E-state index contributed by atoms with van der Waals surface area (Å²) in [6, 6.07) is 11.3. The van der Waals surface area contributed by atoms with Crippen molar-refractivity contribution in [1.29, 1.82) is 0 Å². The van der Waals surface area contributed by atoms with Crippen molar-refractivity contribution in [2.45, 2.75) is 13.0 Å². The molecule has 1 aromatic carbocycles. The molecule has 0 spiro atoms. The molecule has 1 saturated heterocycles. The molecule has 1 amide bonds. The summed E-state index contributed by atoms with van der Waals surface area (Å²) in [5, 5.41) is 7.09. The standard InChI is InChI=1S/C18H23N3O4/c22-18(14-24-10-11-25-16-4-2-1-3-5-16)20-17-6-8-19-21(17)12-15-7-9-23-13-15/h1-6,8,15H,7,9-14H2,(H,20,22). The van der Waals surface area contributed by atoms with E-state index >= 15 is 0 Å². The maximum Gasteiger partial charge on any atom is 0.251 e. The van der Waals surface area contributed by atoms with Gasteiger partial charge in [-0.3, -0.25) is 4.79 Å². The summed E-state index contributed by atoms with van der Waals surface area (Å²) in [6.07, 6.45) is 2.71. The van der Waals surface area contributed by atoms with Crippen molar-refractivity contribution in [3.63, 3.8) is 0 Å². The first-order valence-corrected chi connectivity index (χ1v) is 8.46. The number of nitrogens with zero attached hydrogens (tertiary/aromatic N) is 2. The first-order valence-electron chi connectivity index (χ1n) is 8.46. The first kappa shape index (κ1) is 17.4. The lowest BCUT2D eigenvalue weighted by atomic mass is 10.1. The highest BCUT2D eigenvalue weighted by atomic mass is 16.5. The predicted molar refractivity (Wildman–Crippen MR) is 92.5 cm³/mol. The summed E-state index contributed by atoms with van der Waals surface area (Å²) in [6.45, 7) is 3.02. The topological polar surface area (TPSA) is 74.6 Å². The molecule has 1 aromatic heterocycles. The van der Waals surface area contributed by atoms with Crippen LogP contribution in [0.5, 0.6) is 5.75 Å². The van der Waals surface area contributed by atoms with Crippen LogP contribution in [0.4, 0.5) is 5.82 Å². The van der Waals surface area contributed by atoms with Gasteiger partial charge in [-0.15, -0.1) is 0 Å². The average Bonchev–Trinajstić information content (AvgIpc) is 3.29. The maximum absolute atomic E-state index is 12.0. The number of benzene rings is 1. The minimum Gasteiger partial charge on any atom is -0.491 e. The van der Waals surface area contributed by atoms with Gasteiger partial charge in [-0.25, -0.2) is 4.68 Å². The van der Waals surface area contributed by atoms with Gasteiger partial charge in [0.15, 0.2) is 0 Å². The fourth-order valence-corrected chi connectivity index (χ4v) is 2.64. The van der Waals surface area contributed by atoms with E-state index in [2.05, 4.69) is 10.4 Å². The van der Waals surface area contributed by atoms with Gasteiger partial charge in [-0.2, -0.15) is 5.10 Å². The highest BCUT2D eigenvalue weighted by molar-refractivity contribution is 5.90. The smallest absolute Gasteiger partial charge is 0.251 e. The van der Waals surface area contributed by atoms with Crippen LogP contribution in [0.3, 0.4) is 0 Å². The lowest BCUT2D eigenvalue weighted by Crippen LogP contribution is -2.23. The molecule has 7 nitrogen and oxygen atoms in total. The normalized spacial score (nSPS) is 16.7. The van der Waals surface area contributed by atoms with E-state index in [1.54, 1.807) is 16.9 Å². The second-order valence-electron chi connectivity index (χ2n) is 5.89. The summed E-state index contributed by atoms with van der Waals surface area (Å²) in [7, 11) is 0. The molecule has 0 saturated carbocycles. The quantitative estimate of drug-likeness (QED) is 0.703. The number of carbonyl (C=O) groups excluding carboxylic acids is 1. The summed E-state index contributed by atoms with van der Waals surface area (Å²) < 4.78 is 18.0. The van der Waals surface area contributed by atoms with E-state index < -0.39 is 0 Å². The van der Waals surface area contributed by atoms with Gasteiger partial charge in [0.05, 0.1) is 19.4 Å². The summed E-state index contributed by atoms with van der Waals surface area (Å²) >= 11 is 0. The van der Waals surface area contributed by atoms with Gasteiger partial charge in [-0.05, 0) is 18.6 Å². The van der Waals surface area contributed by atoms with E-state index in [4.69, 9.17) is 14.2 Å². The number of nitrogens with one attached hydrogen (secondary N) is 1. The Hall–Kier alpha value is -2.38. The molecule has 0 aliphatic carbocycles. The number of anilines is 1. The SMILES string of the molecule is O=C(COCCOc1ccccc1)Nc1ccnn1CC1CCOC1. The molecule has 1 aliphatic rings. The zero-order valence-electron chi connectivity index (χ0n) is 14.1. The van der Waals surface area contributed by atoms with Crippen molar-refractivity contribution in [2.24, 2.45) is 5.92 Å². The van der Waals surface area contributed by atoms with Crippen LogP contribution in [0.15, 0.2) is 42.6 Å². The van der Waals surface area contributed by atoms with Crippen LogP contribution < -0.4 is 10.1 Å². The molecule has 1 unspecified atom stereocenters. The van der Waals surface area contributed by atoms with E-state index in [1.807, 2.05) is 30.3 Å². The van der Waals surface area contributed by atoms with Crippen molar-refractivity contribution in [2.75, 3.05) is 38.4 Å². The molecule has 0 bridgehead atoms. The van der Waals surface area contributed by atoms with E-state index in [0.717, 1.165) is 31.9 Å². The maximum atomic E-state index is 12.0. The third-order valence-corrected chi connectivity index (χ3v) is 3.91. The molecule has 0 radical (unpaired) electrons. The first-order chi connectivity index (χ1) is 12.3. The highest BCUT2D eigenvalue weighted by Crippen LogP contribution is 2.17.